The summed E-state index contributed by atoms with van der Waals surface area (Å²) in [7, 11) is 0. The van der Waals surface area contributed by atoms with Crippen LogP contribution in [0.1, 0.15) is 27.7 Å². The number of carbonyl (C=O) groups is 1. The Bertz CT molecular complexity index is 113. The van der Waals surface area contributed by atoms with Crippen LogP contribution in [0.2, 0.25) is 0 Å². The molecule has 0 aliphatic carbocycles. The zero-order chi connectivity index (χ0) is 8.31. The molecule has 0 fully saturated rings. The maximum atomic E-state index is 10.4. The summed E-state index contributed by atoms with van der Waals surface area (Å²) in [6.45, 7) is 7.32. The summed E-state index contributed by atoms with van der Waals surface area (Å²) in [5.74, 6) is 0. The molecule has 0 atom stereocenters. The molecule has 0 N–H and O–H groups in total. The van der Waals surface area contributed by atoms with Gasteiger partial charge in [-0.1, -0.05) is 0 Å². The second-order valence-electron chi connectivity index (χ2n) is 2.86. The lowest BCUT2D eigenvalue weighted by molar-refractivity contribution is -0.269. The monoisotopic (exact) mass is 144 g/mol. The van der Waals surface area contributed by atoms with Gasteiger partial charge in [-0.2, -0.15) is 0 Å². The van der Waals surface area contributed by atoms with E-state index in [4.69, 9.17) is 0 Å². The molecule has 1 amide bonds. The molecule has 60 valence electrons. The zero-order valence-electron chi connectivity index (χ0n) is 6.92. The van der Waals surface area contributed by atoms with E-state index in [0.29, 0.717) is 0 Å². The Balaban J connectivity index is 4.12. The molecule has 0 spiro atoms. The van der Waals surface area contributed by atoms with Gasteiger partial charge in [0.2, 0.25) is 0 Å². The lowest BCUT2D eigenvalue weighted by Gasteiger charge is -2.32. The van der Waals surface area contributed by atoms with Crippen LogP contribution in [0.5, 0.6) is 0 Å². The van der Waals surface area contributed by atoms with Crippen LogP contribution in [0.25, 0.3) is 0 Å². The lowest BCUT2D eigenvalue weighted by Crippen LogP contribution is -2.48. The Morgan fingerprint density at radius 1 is 1.20 bits per heavy atom. The Morgan fingerprint density at radius 3 is 1.50 bits per heavy atom. The summed E-state index contributed by atoms with van der Waals surface area (Å²) >= 11 is 0. The molecule has 0 rings (SSSR count). The van der Waals surface area contributed by atoms with Gasteiger partial charge in [0.25, 0.3) is 0 Å². The maximum absolute atomic E-state index is 10.4. The number of hydrogen-bond acceptors (Lipinski definition) is 2. The summed E-state index contributed by atoms with van der Waals surface area (Å²) in [4.78, 5) is 11.7. The average Bonchev–Trinajstić information content (AvgIpc) is 1.59. The van der Waals surface area contributed by atoms with Crippen LogP contribution in [0.4, 0.5) is 4.79 Å². The van der Waals surface area contributed by atoms with Gasteiger partial charge in [0.15, 0.2) is 0 Å². The van der Waals surface area contributed by atoms with Gasteiger partial charge < -0.3 is 14.8 Å². The maximum Gasteiger partial charge on any atom is 0.137 e. The number of carboxylic acid groups (broad SMARTS) is 1. The summed E-state index contributed by atoms with van der Waals surface area (Å²) in [5, 5.41) is 10.4. The molecule has 3 heteroatoms. The Labute approximate surface area is 61.6 Å². The second-order valence-corrected chi connectivity index (χ2v) is 2.86. The third-order valence-corrected chi connectivity index (χ3v) is 1.32. The van der Waals surface area contributed by atoms with Crippen molar-refractivity contribution in [1.82, 2.24) is 4.90 Å². The summed E-state index contributed by atoms with van der Waals surface area (Å²) in [5.41, 5.74) is 0. The van der Waals surface area contributed by atoms with E-state index in [0.717, 1.165) is 0 Å². The van der Waals surface area contributed by atoms with Crippen molar-refractivity contribution < 1.29 is 9.90 Å². The Kier molecular flexibility index (Phi) is 3.19. The highest BCUT2D eigenvalue weighted by Crippen LogP contribution is 2.02. The first-order valence-electron chi connectivity index (χ1n) is 3.46. The first-order chi connectivity index (χ1) is 4.46. The lowest BCUT2D eigenvalue weighted by atomic mass is 10.2. The minimum Gasteiger partial charge on any atom is -0.530 e. The van der Waals surface area contributed by atoms with Gasteiger partial charge in [-0.3, -0.25) is 0 Å². The van der Waals surface area contributed by atoms with E-state index in [1.807, 2.05) is 27.7 Å². The fourth-order valence-electron chi connectivity index (χ4n) is 1.02. The third kappa shape index (κ3) is 2.25. The van der Waals surface area contributed by atoms with Crippen molar-refractivity contribution in [2.75, 3.05) is 0 Å². The Morgan fingerprint density at radius 2 is 1.50 bits per heavy atom. The molecule has 0 radical (unpaired) electrons. The van der Waals surface area contributed by atoms with Crippen LogP contribution in [-0.4, -0.2) is 23.1 Å². The van der Waals surface area contributed by atoms with Gasteiger partial charge in [-0.05, 0) is 27.7 Å². The molecule has 0 unspecified atom stereocenters. The minimum atomic E-state index is -1.09. The molecule has 0 aromatic rings. The molecule has 10 heavy (non-hydrogen) atoms. The van der Waals surface area contributed by atoms with Crippen LogP contribution in [0.15, 0.2) is 0 Å². The molecule has 0 bridgehead atoms. The first-order valence-corrected chi connectivity index (χ1v) is 3.46. The van der Waals surface area contributed by atoms with Crippen molar-refractivity contribution >= 4 is 6.09 Å². The molecule has 0 aromatic carbocycles. The van der Waals surface area contributed by atoms with Gasteiger partial charge in [-0.25, -0.2) is 0 Å². The largest absolute Gasteiger partial charge is 0.530 e. The van der Waals surface area contributed by atoms with Crippen molar-refractivity contribution in [2.45, 2.75) is 39.8 Å². The van der Waals surface area contributed by atoms with E-state index in [1.54, 1.807) is 0 Å². The van der Waals surface area contributed by atoms with Gasteiger partial charge in [0.05, 0.1) is 0 Å². The number of nitrogens with zero attached hydrogens (tertiary/aromatic N) is 1. The van der Waals surface area contributed by atoms with Crippen molar-refractivity contribution in [1.29, 1.82) is 0 Å². The standard InChI is InChI=1S/C7H15NO2/c1-5(2)8(6(3)4)7(9)10/h5-6H,1-4H3,(H,9,10)/p-1. The van der Waals surface area contributed by atoms with Crippen molar-refractivity contribution in [3.8, 4) is 0 Å². The second kappa shape index (κ2) is 3.44. The number of amides is 1. The van der Waals surface area contributed by atoms with E-state index in [2.05, 4.69) is 0 Å². The first kappa shape index (κ1) is 9.27. The van der Waals surface area contributed by atoms with Gasteiger partial charge in [0, 0.05) is 12.1 Å². The van der Waals surface area contributed by atoms with Crippen LogP contribution in [0, 0.1) is 0 Å². The van der Waals surface area contributed by atoms with E-state index in [1.165, 1.54) is 4.90 Å². The third-order valence-electron chi connectivity index (χ3n) is 1.32. The molecule has 3 nitrogen and oxygen atoms in total. The fourth-order valence-corrected chi connectivity index (χ4v) is 1.02. The molecule has 0 aliphatic rings. The molecular weight excluding hydrogens is 130 g/mol. The number of carbonyl (C=O) groups excluding carboxylic acids is 1. The fraction of sp³-hybridized carbons (Fsp3) is 0.857. The molecular formula is C7H14NO2-. The number of rotatable bonds is 2. The summed E-state index contributed by atoms with van der Waals surface area (Å²) in [6, 6.07) is 0.00926. The topological polar surface area (TPSA) is 43.4 Å². The minimum absolute atomic E-state index is 0.00463. The molecule has 0 heterocycles. The van der Waals surface area contributed by atoms with E-state index in [-0.39, 0.29) is 12.1 Å². The summed E-state index contributed by atoms with van der Waals surface area (Å²) < 4.78 is 0. The normalized spacial score (nSPS) is 10.6. The molecule has 0 saturated carbocycles. The van der Waals surface area contributed by atoms with Gasteiger partial charge >= 0.3 is 0 Å². The van der Waals surface area contributed by atoms with Gasteiger partial charge in [0.1, 0.15) is 6.09 Å². The highest BCUT2D eigenvalue weighted by Gasteiger charge is 2.11. The quantitative estimate of drug-likeness (QED) is 0.564. The summed E-state index contributed by atoms with van der Waals surface area (Å²) in [6.07, 6.45) is -1.09. The van der Waals surface area contributed by atoms with Crippen molar-refractivity contribution in [3.63, 3.8) is 0 Å². The van der Waals surface area contributed by atoms with Gasteiger partial charge in [-0.15, -0.1) is 0 Å². The Hall–Kier alpha value is -0.730. The van der Waals surface area contributed by atoms with E-state index in [9.17, 15) is 9.90 Å². The van der Waals surface area contributed by atoms with Crippen LogP contribution >= 0.6 is 0 Å². The van der Waals surface area contributed by atoms with Crippen molar-refractivity contribution in [2.24, 2.45) is 0 Å². The molecule has 0 saturated heterocycles. The van der Waals surface area contributed by atoms with E-state index >= 15 is 0 Å². The highest BCUT2D eigenvalue weighted by molar-refractivity contribution is 5.63. The van der Waals surface area contributed by atoms with Crippen molar-refractivity contribution in [3.05, 3.63) is 0 Å². The highest BCUT2D eigenvalue weighted by atomic mass is 16.4. The van der Waals surface area contributed by atoms with E-state index < -0.39 is 6.09 Å². The SMILES string of the molecule is CC(C)N(C(=O)[O-])C(C)C. The van der Waals surface area contributed by atoms with Crippen LogP contribution in [-0.2, 0) is 0 Å². The molecule has 0 aromatic heterocycles. The predicted molar refractivity (Wildman–Crippen MR) is 37.5 cm³/mol. The van der Waals surface area contributed by atoms with Crippen LogP contribution < -0.4 is 5.11 Å². The molecule has 0 aliphatic heterocycles. The number of hydrogen-bond donors (Lipinski definition) is 0. The predicted octanol–water partition coefficient (Wildman–Crippen LogP) is 0.448. The van der Waals surface area contributed by atoms with Crippen LogP contribution in [0.3, 0.4) is 0 Å². The average molecular weight is 144 g/mol. The zero-order valence-corrected chi connectivity index (χ0v) is 6.92. The smallest absolute Gasteiger partial charge is 0.137 e.